The van der Waals surface area contributed by atoms with Crippen molar-refractivity contribution in [3.63, 3.8) is 0 Å². The van der Waals surface area contributed by atoms with E-state index in [0.29, 0.717) is 0 Å². The second-order valence-electron chi connectivity index (χ2n) is 4.45. The van der Waals surface area contributed by atoms with Gasteiger partial charge in [-0.3, -0.25) is 9.59 Å². The molecule has 6 heteroatoms. The van der Waals surface area contributed by atoms with Crippen molar-refractivity contribution in [1.82, 2.24) is 14.9 Å². The van der Waals surface area contributed by atoms with Gasteiger partial charge in [0.1, 0.15) is 6.54 Å². The quantitative estimate of drug-likeness (QED) is 0.836. The number of hydrogen-bond acceptors (Lipinski definition) is 3. The maximum atomic E-state index is 11.6. The van der Waals surface area contributed by atoms with Gasteiger partial charge in [-0.25, -0.2) is 4.98 Å². The van der Waals surface area contributed by atoms with Crippen LogP contribution in [-0.4, -0.2) is 21.0 Å². The van der Waals surface area contributed by atoms with E-state index in [-0.39, 0.29) is 23.1 Å². The Balaban J connectivity index is 2.78. The summed E-state index contributed by atoms with van der Waals surface area (Å²) in [6.45, 7) is 5.55. The molecule has 0 aliphatic rings. The van der Waals surface area contributed by atoms with Crippen molar-refractivity contribution in [2.75, 3.05) is 0 Å². The molecule has 1 N–H and O–H groups in total. The first-order chi connectivity index (χ1) is 7.29. The van der Waals surface area contributed by atoms with E-state index < -0.39 is 5.56 Å². The molecule has 0 saturated heterocycles. The minimum atomic E-state index is -0.465. The summed E-state index contributed by atoms with van der Waals surface area (Å²) in [5.74, 6) is -0.239. The van der Waals surface area contributed by atoms with Crippen LogP contribution in [0.2, 0.25) is 5.15 Å². The molecule has 1 amide bonds. The maximum absolute atomic E-state index is 11.6. The standard InChI is InChI=1S/C10H14ClN3O2/c1-10(2,3)13-7(15)6-14-5-4-12-8(11)9(14)16/h4-5H,6H2,1-3H3,(H,13,15). The lowest BCUT2D eigenvalue weighted by atomic mass is 10.1. The largest absolute Gasteiger partial charge is 0.350 e. The number of carbonyl (C=O) groups excluding carboxylic acids is 1. The second kappa shape index (κ2) is 4.65. The van der Waals surface area contributed by atoms with Gasteiger partial charge >= 0.3 is 0 Å². The van der Waals surface area contributed by atoms with Crippen LogP contribution in [0.15, 0.2) is 17.2 Å². The first-order valence-corrected chi connectivity index (χ1v) is 5.19. The van der Waals surface area contributed by atoms with Gasteiger partial charge in [0, 0.05) is 17.9 Å². The van der Waals surface area contributed by atoms with Crippen LogP contribution in [0, 0.1) is 0 Å². The van der Waals surface area contributed by atoms with E-state index in [9.17, 15) is 9.59 Å². The van der Waals surface area contributed by atoms with Crippen LogP contribution in [-0.2, 0) is 11.3 Å². The van der Waals surface area contributed by atoms with E-state index in [4.69, 9.17) is 11.6 Å². The van der Waals surface area contributed by atoms with Crippen molar-refractivity contribution < 1.29 is 4.79 Å². The highest BCUT2D eigenvalue weighted by molar-refractivity contribution is 6.29. The van der Waals surface area contributed by atoms with Crippen molar-refractivity contribution in [2.24, 2.45) is 0 Å². The lowest BCUT2D eigenvalue weighted by molar-refractivity contribution is -0.123. The number of rotatable bonds is 2. The van der Waals surface area contributed by atoms with E-state index in [1.165, 1.54) is 17.0 Å². The predicted molar refractivity (Wildman–Crippen MR) is 61.4 cm³/mol. The van der Waals surface area contributed by atoms with Gasteiger partial charge in [-0.15, -0.1) is 0 Å². The Morgan fingerprint density at radius 2 is 2.19 bits per heavy atom. The normalized spacial score (nSPS) is 11.2. The molecule has 1 aromatic rings. The first kappa shape index (κ1) is 12.7. The van der Waals surface area contributed by atoms with Crippen molar-refractivity contribution in [1.29, 1.82) is 0 Å². The summed E-state index contributed by atoms with van der Waals surface area (Å²) in [7, 11) is 0. The van der Waals surface area contributed by atoms with E-state index in [1.807, 2.05) is 20.8 Å². The third-order valence-corrected chi connectivity index (χ3v) is 1.96. The zero-order chi connectivity index (χ0) is 12.3. The van der Waals surface area contributed by atoms with Crippen LogP contribution in [0.5, 0.6) is 0 Å². The molecule has 0 radical (unpaired) electrons. The number of aromatic nitrogens is 2. The zero-order valence-corrected chi connectivity index (χ0v) is 10.2. The molecule has 16 heavy (non-hydrogen) atoms. The molecule has 0 saturated carbocycles. The Morgan fingerprint density at radius 3 is 2.75 bits per heavy atom. The summed E-state index contributed by atoms with van der Waals surface area (Å²) in [5, 5.41) is 2.62. The summed E-state index contributed by atoms with van der Waals surface area (Å²) in [4.78, 5) is 26.6. The van der Waals surface area contributed by atoms with Crippen LogP contribution in [0.25, 0.3) is 0 Å². The fourth-order valence-corrected chi connectivity index (χ4v) is 1.32. The highest BCUT2D eigenvalue weighted by atomic mass is 35.5. The van der Waals surface area contributed by atoms with Gasteiger partial charge in [-0.2, -0.15) is 0 Å². The zero-order valence-electron chi connectivity index (χ0n) is 9.45. The molecule has 0 bridgehead atoms. The highest BCUT2D eigenvalue weighted by Crippen LogP contribution is 1.99. The van der Waals surface area contributed by atoms with Crippen LogP contribution < -0.4 is 10.9 Å². The Hall–Kier alpha value is -1.36. The van der Waals surface area contributed by atoms with Gasteiger partial charge in [0.05, 0.1) is 0 Å². The Labute approximate surface area is 98.4 Å². The molecule has 0 unspecified atom stereocenters. The summed E-state index contributed by atoms with van der Waals surface area (Å²) >= 11 is 5.55. The summed E-state index contributed by atoms with van der Waals surface area (Å²) in [5.41, 5.74) is -0.787. The minimum Gasteiger partial charge on any atom is -0.350 e. The number of amides is 1. The third kappa shape index (κ3) is 3.66. The molecule has 88 valence electrons. The van der Waals surface area contributed by atoms with E-state index >= 15 is 0 Å². The monoisotopic (exact) mass is 243 g/mol. The summed E-state index contributed by atoms with van der Waals surface area (Å²) < 4.78 is 1.22. The number of nitrogens with zero attached hydrogens (tertiary/aromatic N) is 2. The Morgan fingerprint density at radius 1 is 1.56 bits per heavy atom. The highest BCUT2D eigenvalue weighted by Gasteiger charge is 2.14. The number of halogens is 1. The van der Waals surface area contributed by atoms with Gasteiger partial charge in [0.25, 0.3) is 5.56 Å². The number of nitrogens with one attached hydrogen (secondary N) is 1. The first-order valence-electron chi connectivity index (χ1n) is 4.81. The van der Waals surface area contributed by atoms with Crippen LogP contribution >= 0.6 is 11.6 Å². The Kier molecular flexibility index (Phi) is 3.70. The van der Waals surface area contributed by atoms with Crippen LogP contribution in [0.4, 0.5) is 0 Å². The molecule has 1 heterocycles. The van der Waals surface area contributed by atoms with E-state index in [0.717, 1.165) is 0 Å². The minimum absolute atomic E-state index is 0.0572. The van der Waals surface area contributed by atoms with Gasteiger partial charge in [-0.1, -0.05) is 11.6 Å². The average molecular weight is 244 g/mol. The fourth-order valence-electron chi connectivity index (χ4n) is 1.16. The molecule has 5 nitrogen and oxygen atoms in total. The Bertz CT molecular complexity index is 448. The smallest absolute Gasteiger partial charge is 0.288 e. The topological polar surface area (TPSA) is 64.0 Å². The lowest BCUT2D eigenvalue weighted by Crippen LogP contribution is -2.43. The average Bonchev–Trinajstić information content (AvgIpc) is 2.09. The molecule has 1 rings (SSSR count). The number of carbonyl (C=O) groups is 1. The molecule has 0 aromatic carbocycles. The van der Waals surface area contributed by atoms with Gasteiger partial charge in [-0.05, 0) is 20.8 Å². The van der Waals surface area contributed by atoms with Crippen molar-refractivity contribution >= 4 is 17.5 Å². The van der Waals surface area contributed by atoms with Gasteiger partial charge in [0.15, 0.2) is 5.15 Å². The predicted octanol–water partition coefficient (Wildman–Crippen LogP) is 0.811. The fraction of sp³-hybridized carbons (Fsp3) is 0.500. The molecule has 0 fully saturated rings. The molecule has 0 spiro atoms. The third-order valence-electron chi connectivity index (χ3n) is 1.70. The molecular weight excluding hydrogens is 230 g/mol. The maximum Gasteiger partial charge on any atom is 0.288 e. The number of hydrogen-bond donors (Lipinski definition) is 1. The van der Waals surface area contributed by atoms with E-state index in [2.05, 4.69) is 10.3 Å². The SMILES string of the molecule is CC(C)(C)NC(=O)Cn1ccnc(Cl)c1=O. The van der Waals surface area contributed by atoms with Gasteiger partial charge < -0.3 is 9.88 Å². The molecule has 0 aliphatic heterocycles. The van der Waals surface area contributed by atoms with Crippen LogP contribution in [0.3, 0.4) is 0 Å². The van der Waals surface area contributed by atoms with Crippen molar-refractivity contribution in [2.45, 2.75) is 32.9 Å². The van der Waals surface area contributed by atoms with Crippen molar-refractivity contribution in [3.8, 4) is 0 Å². The molecule has 0 aliphatic carbocycles. The molecule has 0 atom stereocenters. The lowest BCUT2D eigenvalue weighted by Gasteiger charge is -2.20. The second-order valence-corrected chi connectivity index (χ2v) is 4.81. The van der Waals surface area contributed by atoms with Gasteiger partial charge in [0.2, 0.25) is 5.91 Å². The summed E-state index contributed by atoms with van der Waals surface area (Å²) in [6.07, 6.45) is 2.81. The molecular formula is C10H14ClN3O2. The van der Waals surface area contributed by atoms with Crippen LogP contribution in [0.1, 0.15) is 20.8 Å². The van der Waals surface area contributed by atoms with Crippen molar-refractivity contribution in [3.05, 3.63) is 27.9 Å². The summed E-state index contributed by atoms with van der Waals surface area (Å²) in [6, 6.07) is 0. The van der Waals surface area contributed by atoms with E-state index in [1.54, 1.807) is 0 Å². The molecule has 1 aromatic heterocycles.